The maximum absolute atomic E-state index is 9.32. The van der Waals surface area contributed by atoms with Gasteiger partial charge < -0.3 is 4.79 Å². The summed E-state index contributed by atoms with van der Waals surface area (Å²) in [5.41, 5.74) is 0. The van der Waals surface area contributed by atoms with Crippen molar-refractivity contribution in [1.29, 1.82) is 0 Å². The lowest BCUT2D eigenvalue weighted by Crippen LogP contribution is -1.70. The van der Waals surface area contributed by atoms with E-state index in [9.17, 15) is 4.79 Å². The van der Waals surface area contributed by atoms with Crippen molar-refractivity contribution in [3.05, 3.63) is 0 Å². The molecule has 0 aliphatic heterocycles. The van der Waals surface area contributed by atoms with E-state index in [1.54, 1.807) is 0 Å². The van der Waals surface area contributed by atoms with E-state index < -0.39 is 0 Å². The maximum Gasteiger partial charge on any atom is 0.121 e. The van der Waals surface area contributed by atoms with Gasteiger partial charge in [0, 0.05) is 12.3 Å². The highest BCUT2D eigenvalue weighted by Crippen LogP contribution is 1.74. The van der Waals surface area contributed by atoms with E-state index in [0.717, 1.165) is 6.29 Å². The summed E-state index contributed by atoms with van der Waals surface area (Å²) >= 11 is 5.07. The van der Waals surface area contributed by atoms with E-state index >= 15 is 0 Å². The molecule has 1 nitrogen and oxygen atoms in total. The predicted molar refractivity (Wildman–Crippen MR) is 21.4 cm³/mol. The predicted octanol–water partition coefficient (Wildman–Crippen LogP) is 0.814. The van der Waals surface area contributed by atoms with Crippen LogP contribution in [0.2, 0.25) is 0 Å². The van der Waals surface area contributed by atoms with E-state index in [1.165, 1.54) is 0 Å². The molecule has 0 rings (SSSR count). The fraction of sp³-hybridized carbons (Fsp3) is 0.667. The Labute approximate surface area is 35.9 Å². The molecule has 0 aromatic heterocycles. The molecule has 0 aromatic carbocycles. The van der Waals surface area contributed by atoms with Crippen LogP contribution in [0.15, 0.2) is 0 Å². The van der Waals surface area contributed by atoms with Gasteiger partial charge in [0.1, 0.15) is 6.29 Å². The van der Waals surface area contributed by atoms with Crippen molar-refractivity contribution in [2.24, 2.45) is 0 Å². The van der Waals surface area contributed by atoms with Crippen LogP contribution in [-0.2, 0) is 4.79 Å². The Kier molecular flexibility index (Phi) is 3.93. The number of carbonyl (C=O) groups excluding carboxylic acids is 1. The van der Waals surface area contributed by atoms with Gasteiger partial charge in [-0.15, -0.1) is 11.6 Å². The molecule has 0 aliphatic rings. The molecule has 0 atom stereocenters. The van der Waals surface area contributed by atoms with Crippen molar-refractivity contribution in [1.82, 2.24) is 0 Å². The molecule has 0 aromatic rings. The number of hydrogen-bond acceptors (Lipinski definition) is 1. The summed E-state index contributed by atoms with van der Waals surface area (Å²) in [5.74, 6) is 0.448. The molecule has 0 radical (unpaired) electrons. The zero-order chi connectivity index (χ0) is 4.12. The number of aldehydes is 1. The Morgan fingerprint density at radius 3 is 2.40 bits per heavy atom. The fourth-order valence-corrected chi connectivity index (χ4v) is 0.134. The van der Waals surface area contributed by atoms with Crippen molar-refractivity contribution >= 4 is 17.9 Å². The van der Waals surface area contributed by atoms with E-state index in [-0.39, 0.29) is 0 Å². The van der Waals surface area contributed by atoms with Crippen LogP contribution in [0.1, 0.15) is 6.42 Å². The van der Waals surface area contributed by atoms with Gasteiger partial charge in [-0.2, -0.15) is 0 Å². The first-order chi connectivity index (χ1) is 2.41. The summed E-state index contributed by atoms with van der Waals surface area (Å²) < 4.78 is 0. The minimum absolute atomic E-state index is 0.448. The van der Waals surface area contributed by atoms with Gasteiger partial charge >= 0.3 is 0 Å². The summed E-state index contributed by atoms with van der Waals surface area (Å²) in [6.07, 6.45) is 1.27. The molecule has 0 spiro atoms. The number of halogens is 1. The van der Waals surface area contributed by atoms with Crippen LogP contribution >= 0.6 is 11.6 Å². The Bertz CT molecular complexity index is 28.1. The van der Waals surface area contributed by atoms with Crippen molar-refractivity contribution in [3.63, 3.8) is 0 Å². The van der Waals surface area contributed by atoms with Crippen LogP contribution in [0.5, 0.6) is 0 Å². The zero-order valence-corrected chi connectivity index (χ0v) is 3.53. The lowest BCUT2D eigenvalue weighted by molar-refractivity contribution is -0.107. The van der Waals surface area contributed by atoms with Crippen LogP contribution in [0.25, 0.3) is 0 Å². The normalized spacial score (nSPS) is 7.40. The molecule has 0 amide bonds. The highest BCUT2D eigenvalue weighted by Gasteiger charge is 1.69. The van der Waals surface area contributed by atoms with Gasteiger partial charge in [-0.05, 0) is 0 Å². The summed E-state index contributed by atoms with van der Waals surface area (Å²) in [7, 11) is 0. The standard InChI is InChI=1S/C3H5ClO/c4-2-1-3-5/h3H,1-2H2. The second kappa shape index (κ2) is 3.96. The van der Waals surface area contributed by atoms with Crippen LogP contribution in [0, 0.1) is 0 Å². The first-order valence-electron chi connectivity index (χ1n) is 1.41. The highest BCUT2D eigenvalue weighted by atomic mass is 35.5. The van der Waals surface area contributed by atoms with E-state index in [2.05, 4.69) is 0 Å². The molecule has 0 unspecified atom stereocenters. The van der Waals surface area contributed by atoms with Gasteiger partial charge in [0.2, 0.25) is 0 Å². The van der Waals surface area contributed by atoms with Gasteiger partial charge in [-0.3, -0.25) is 0 Å². The Morgan fingerprint density at radius 2 is 2.40 bits per heavy atom. The molecular weight excluding hydrogens is 87.5 g/mol. The molecular formula is C3H5ClO. The lowest BCUT2D eigenvalue weighted by atomic mass is 10.6. The monoisotopic (exact) mass is 92.0 g/mol. The highest BCUT2D eigenvalue weighted by molar-refractivity contribution is 6.18. The molecule has 0 saturated carbocycles. The van der Waals surface area contributed by atoms with Gasteiger partial charge in [-0.25, -0.2) is 0 Å². The number of hydrogen-bond donors (Lipinski definition) is 0. The molecule has 0 heterocycles. The molecule has 30 valence electrons. The smallest absolute Gasteiger partial charge is 0.121 e. The second-order valence-electron chi connectivity index (χ2n) is 0.644. The lowest BCUT2D eigenvalue weighted by Gasteiger charge is -1.66. The summed E-state index contributed by atoms with van der Waals surface area (Å²) in [4.78, 5) is 9.32. The van der Waals surface area contributed by atoms with Crippen molar-refractivity contribution in [2.45, 2.75) is 6.42 Å². The minimum atomic E-state index is 0.448. The third kappa shape index (κ3) is 3.96. The third-order valence-electron chi connectivity index (χ3n) is 0.227. The summed E-state index contributed by atoms with van der Waals surface area (Å²) in [6.45, 7) is 0. The van der Waals surface area contributed by atoms with E-state index in [0.29, 0.717) is 12.3 Å². The topological polar surface area (TPSA) is 17.1 Å². The number of rotatable bonds is 2. The van der Waals surface area contributed by atoms with Gasteiger partial charge in [0.05, 0.1) is 0 Å². The van der Waals surface area contributed by atoms with Crippen molar-refractivity contribution in [2.75, 3.05) is 5.88 Å². The fourth-order valence-electron chi connectivity index (χ4n) is 0.0445. The summed E-state index contributed by atoms with van der Waals surface area (Å²) in [6, 6.07) is 0. The van der Waals surface area contributed by atoms with Crippen LogP contribution < -0.4 is 0 Å². The van der Waals surface area contributed by atoms with Crippen molar-refractivity contribution < 1.29 is 4.79 Å². The quantitative estimate of drug-likeness (QED) is 0.364. The zero-order valence-electron chi connectivity index (χ0n) is 2.78. The number of carbonyl (C=O) groups is 1. The first-order valence-corrected chi connectivity index (χ1v) is 1.95. The molecule has 0 aliphatic carbocycles. The first kappa shape index (κ1) is 4.96. The van der Waals surface area contributed by atoms with Crippen LogP contribution in [0.3, 0.4) is 0 Å². The number of alkyl halides is 1. The SMILES string of the molecule is O=CCCCl. The van der Waals surface area contributed by atoms with E-state index in [4.69, 9.17) is 11.6 Å². The van der Waals surface area contributed by atoms with Crippen LogP contribution in [-0.4, -0.2) is 12.2 Å². The second-order valence-corrected chi connectivity index (χ2v) is 1.02. The molecule has 2 heteroatoms. The van der Waals surface area contributed by atoms with Crippen LogP contribution in [0.4, 0.5) is 0 Å². The molecule has 0 N–H and O–H groups in total. The average molecular weight is 92.5 g/mol. The Balaban J connectivity index is 2.40. The average Bonchev–Trinajstić information content (AvgIpc) is 1.41. The van der Waals surface area contributed by atoms with Gasteiger partial charge in [0.15, 0.2) is 0 Å². The Morgan fingerprint density at radius 1 is 1.80 bits per heavy atom. The third-order valence-corrected chi connectivity index (χ3v) is 0.445. The maximum atomic E-state index is 9.32. The van der Waals surface area contributed by atoms with Gasteiger partial charge in [0.25, 0.3) is 0 Å². The Hall–Kier alpha value is -0.0400. The molecule has 0 fully saturated rings. The summed E-state index contributed by atoms with van der Waals surface area (Å²) in [5, 5.41) is 0. The van der Waals surface area contributed by atoms with Gasteiger partial charge in [-0.1, -0.05) is 0 Å². The van der Waals surface area contributed by atoms with E-state index in [1.807, 2.05) is 0 Å². The molecule has 0 bridgehead atoms. The molecule has 5 heavy (non-hydrogen) atoms. The molecule has 0 saturated heterocycles. The largest absolute Gasteiger partial charge is 0.303 e. The van der Waals surface area contributed by atoms with Crippen molar-refractivity contribution in [3.8, 4) is 0 Å². The minimum Gasteiger partial charge on any atom is -0.303 e.